The van der Waals surface area contributed by atoms with E-state index in [-0.39, 0.29) is 0 Å². The van der Waals surface area contributed by atoms with Crippen molar-refractivity contribution in [3.8, 4) is 6.07 Å². The van der Waals surface area contributed by atoms with Gasteiger partial charge in [0, 0.05) is 10.5 Å². The number of rotatable bonds is 3. The van der Waals surface area contributed by atoms with Crippen molar-refractivity contribution in [1.82, 2.24) is 0 Å². The number of anilines is 1. The van der Waals surface area contributed by atoms with Crippen LogP contribution in [0.1, 0.15) is 32.3 Å². The molecule has 0 heterocycles. The Morgan fingerprint density at radius 2 is 2.12 bits per heavy atom. The second kappa shape index (κ2) is 5.10. The fraction of sp³-hybridized carbons (Fsp3) is 0.500. The van der Waals surface area contributed by atoms with Crippen molar-refractivity contribution in [2.45, 2.75) is 32.7 Å². The van der Waals surface area contributed by atoms with E-state index in [2.05, 4.69) is 41.2 Å². The second-order valence-electron chi connectivity index (χ2n) is 5.12. The van der Waals surface area contributed by atoms with Gasteiger partial charge in [-0.3, -0.25) is 0 Å². The third-order valence-corrected chi connectivity index (χ3v) is 4.07. The largest absolute Gasteiger partial charge is 0.381 e. The first-order valence-corrected chi connectivity index (χ1v) is 6.85. The lowest BCUT2D eigenvalue weighted by atomic mass is 9.73. The number of halogens is 1. The molecule has 0 spiro atoms. The molecule has 1 aromatic carbocycles. The Balaban J connectivity index is 1.99. The minimum atomic E-state index is 0.538. The first-order chi connectivity index (χ1) is 8.10. The van der Waals surface area contributed by atoms with E-state index in [1.165, 1.54) is 12.8 Å². The molecule has 0 saturated heterocycles. The molecule has 0 aliphatic heterocycles. The van der Waals surface area contributed by atoms with Gasteiger partial charge in [0.2, 0.25) is 0 Å². The van der Waals surface area contributed by atoms with E-state index in [4.69, 9.17) is 5.26 Å². The fourth-order valence-electron chi connectivity index (χ4n) is 2.28. The van der Waals surface area contributed by atoms with Crippen LogP contribution in [0.3, 0.4) is 0 Å². The summed E-state index contributed by atoms with van der Waals surface area (Å²) in [5.41, 5.74) is 1.68. The summed E-state index contributed by atoms with van der Waals surface area (Å²) in [4.78, 5) is 0. The SMILES string of the molecule is CC(C)C1CC(Nc2ccc(Br)cc2C#N)C1. The van der Waals surface area contributed by atoms with E-state index in [1.807, 2.05) is 18.2 Å². The van der Waals surface area contributed by atoms with Crippen LogP contribution in [0.2, 0.25) is 0 Å². The maximum absolute atomic E-state index is 9.08. The number of hydrogen-bond acceptors (Lipinski definition) is 2. The van der Waals surface area contributed by atoms with Crippen molar-refractivity contribution in [2.75, 3.05) is 5.32 Å². The highest BCUT2D eigenvalue weighted by atomic mass is 79.9. The molecule has 17 heavy (non-hydrogen) atoms. The summed E-state index contributed by atoms with van der Waals surface area (Å²) in [5.74, 6) is 1.61. The van der Waals surface area contributed by atoms with Crippen molar-refractivity contribution >= 4 is 21.6 Å². The van der Waals surface area contributed by atoms with Crippen LogP contribution < -0.4 is 5.32 Å². The Kier molecular flexibility index (Phi) is 3.73. The second-order valence-corrected chi connectivity index (χ2v) is 6.03. The van der Waals surface area contributed by atoms with Gasteiger partial charge in [0.15, 0.2) is 0 Å². The van der Waals surface area contributed by atoms with Gasteiger partial charge in [-0.2, -0.15) is 5.26 Å². The Morgan fingerprint density at radius 3 is 2.71 bits per heavy atom. The highest BCUT2D eigenvalue weighted by molar-refractivity contribution is 9.10. The van der Waals surface area contributed by atoms with Crippen LogP contribution in [0.4, 0.5) is 5.69 Å². The van der Waals surface area contributed by atoms with Crippen molar-refractivity contribution in [3.63, 3.8) is 0 Å². The average Bonchev–Trinajstić information content (AvgIpc) is 2.23. The van der Waals surface area contributed by atoms with Crippen LogP contribution in [0.5, 0.6) is 0 Å². The van der Waals surface area contributed by atoms with Crippen molar-refractivity contribution in [3.05, 3.63) is 28.2 Å². The van der Waals surface area contributed by atoms with E-state index >= 15 is 0 Å². The summed E-state index contributed by atoms with van der Waals surface area (Å²) in [6.45, 7) is 4.56. The highest BCUT2D eigenvalue weighted by Crippen LogP contribution is 2.36. The van der Waals surface area contributed by atoms with Crippen LogP contribution in [0.15, 0.2) is 22.7 Å². The smallest absolute Gasteiger partial charge is 0.101 e. The van der Waals surface area contributed by atoms with Crippen LogP contribution >= 0.6 is 15.9 Å². The van der Waals surface area contributed by atoms with Crippen LogP contribution in [-0.2, 0) is 0 Å². The molecule has 0 atom stereocenters. The summed E-state index contributed by atoms with van der Waals surface area (Å²) >= 11 is 3.38. The average molecular weight is 293 g/mol. The monoisotopic (exact) mass is 292 g/mol. The van der Waals surface area contributed by atoms with E-state index in [1.54, 1.807) is 0 Å². The molecule has 1 saturated carbocycles. The van der Waals surface area contributed by atoms with E-state index in [0.717, 1.165) is 22.0 Å². The minimum Gasteiger partial charge on any atom is -0.381 e. The van der Waals surface area contributed by atoms with Gasteiger partial charge in [0.05, 0.1) is 11.3 Å². The molecular formula is C14H17BrN2. The highest BCUT2D eigenvalue weighted by Gasteiger charge is 2.31. The Hall–Kier alpha value is -1.01. The number of nitriles is 1. The van der Waals surface area contributed by atoms with Gasteiger partial charge in [-0.1, -0.05) is 29.8 Å². The zero-order valence-corrected chi connectivity index (χ0v) is 11.8. The van der Waals surface area contributed by atoms with Gasteiger partial charge in [0.1, 0.15) is 6.07 Å². The molecule has 1 aromatic rings. The third-order valence-electron chi connectivity index (χ3n) is 3.58. The lowest BCUT2D eigenvalue weighted by Gasteiger charge is -2.39. The minimum absolute atomic E-state index is 0.538. The van der Waals surface area contributed by atoms with Crippen LogP contribution in [0.25, 0.3) is 0 Å². The van der Waals surface area contributed by atoms with Crippen molar-refractivity contribution in [1.29, 1.82) is 5.26 Å². The molecule has 3 heteroatoms. The molecule has 1 aliphatic carbocycles. The topological polar surface area (TPSA) is 35.8 Å². The molecule has 0 radical (unpaired) electrons. The number of nitrogens with zero attached hydrogens (tertiary/aromatic N) is 1. The zero-order valence-electron chi connectivity index (χ0n) is 10.2. The summed E-state index contributed by atoms with van der Waals surface area (Å²) < 4.78 is 0.952. The first kappa shape index (κ1) is 12.4. The lowest BCUT2D eigenvalue weighted by molar-refractivity contribution is 0.212. The molecule has 1 aliphatic rings. The van der Waals surface area contributed by atoms with Crippen LogP contribution in [0, 0.1) is 23.2 Å². The summed E-state index contributed by atoms with van der Waals surface area (Å²) in [7, 11) is 0. The number of benzene rings is 1. The molecule has 0 bridgehead atoms. The van der Waals surface area contributed by atoms with Gasteiger partial charge >= 0.3 is 0 Å². The van der Waals surface area contributed by atoms with Crippen LogP contribution in [-0.4, -0.2) is 6.04 Å². The molecule has 1 N–H and O–H groups in total. The Morgan fingerprint density at radius 1 is 1.41 bits per heavy atom. The first-order valence-electron chi connectivity index (χ1n) is 6.06. The Bertz CT molecular complexity index is 442. The molecular weight excluding hydrogens is 276 g/mol. The molecule has 1 fully saturated rings. The summed E-state index contributed by atoms with van der Waals surface area (Å²) in [6, 6.07) is 8.58. The molecule has 0 unspecified atom stereocenters. The number of nitrogens with one attached hydrogen (secondary N) is 1. The molecule has 0 aromatic heterocycles. The molecule has 0 amide bonds. The molecule has 2 rings (SSSR count). The van der Waals surface area contributed by atoms with Gasteiger partial charge < -0.3 is 5.32 Å². The van der Waals surface area contributed by atoms with Gasteiger partial charge in [-0.05, 0) is 42.9 Å². The molecule has 2 nitrogen and oxygen atoms in total. The predicted octanol–water partition coefficient (Wildman–Crippen LogP) is 4.17. The fourth-order valence-corrected chi connectivity index (χ4v) is 2.64. The van der Waals surface area contributed by atoms with E-state index in [9.17, 15) is 0 Å². The zero-order chi connectivity index (χ0) is 12.4. The summed E-state index contributed by atoms with van der Waals surface area (Å²) in [6.07, 6.45) is 2.44. The van der Waals surface area contributed by atoms with Crippen molar-refractivity contribution < 1.29 is 0 Å². The maximum atomic E-state index is 9.08. The standard InChI is InChI=1S/C14H17BrN2/c1-9(2)10-6-13(7-10)17-14-4-3-12(15)5-11(14)8-16/h3-5,9-10,13,17H,6-7H2,1-2H3. The normalized spacial score (nSPS) is 23.0. The van der Waals surface area contributed by atoms with E-state index < -0.39 is 0 Å². The maximum Gasteiger partial charge on any atom is 0.101 e. The Labute approximate surface area is 111 Å². The summed E-state index contributed by atoms with van der Waals surface area (Å²) in [5, 5.41) is 12.5. The van der Waals surface area contributed by atoms with Gasteiger partial charge in [-0.15, -0.1) is 0 Å². The quantitative estimate of drug-likeness (QED) is 0.908. The van der Waals surface area contributed by atoms with Crippen molar-refractivity contribution in [2.24, 2.45) is 11.8 Å². The third kappa shape index (κ3) is 2.81. The lowest BCUT2D eigenvalue weighted by Crippen LogP contribution is -2.38. The number of hydrogen-bond donors (Lipinski definition) is 1. The van der Waals surface area contributed by atoms with E-state index in [0.29, 0.717) is 11.6 Å². The van der Waals surface area contributed by atoms with Gasteiger partial charge in [0.25, 0.3) is 0 Å². The predicted molar refractivity (Wildman–Crippen MR) is 73.8 cm³/mol. The van der Waals surface area contributed by atoms with Gasteiger partial charge in [-0.25, -0.2) is 0 Å². The molecule has 90 valence electrons.